The van der Waals surface area contributed by atoms with Crippen LogP contribution in [0.2, 0.25) is 5.02 Å². The Morgan fingerprint density at radius 3 is 2.71 bits per heavy atom. The number of nitrogens with one attached hydrogen (secondary N) is 1. The summed E-state index contributed by atoms with van der Waals surface area (Å²) < 4.78 is 13.1. The smallest absolute Gasteiger partial charge is 0.224 e. The molecule has 0 atom stereocenters. The van der Waals surface area contributed by atoms with Gasteiger partial charge in [0.15, 0.2) is 0 Å². The summed E-state index contributed by atoms with van der Waals surface area (Å²) in [5, 5.41) is 3.16. The molecule has 0 bridgehead atoms. The van der Waals surface area contributed by atoms with Gasteiger partial charge < -0.3 is 11.1 Å². The van der Waals surface area contributed by atoms with E-state index in [-0.39, 0.29) is 10.9 Å². The van der Waals surface area contributed by atoms with Crippen molar-refractivity contribution in [3.05, 3.63) is 34.6 Å². The van der Waals surface area contributed by atoms with Gasteiger partial charge in [-0.3, -0.25) is 4.79 Å². The van der Waals surface area contributed by atoms with E-state index in [0.29, 0.717) is 13.1 Å². The van der Waals surface area contributed by atoms with Gasteiger partial charge in [-0.05, 0) is 31.5 Å². The molecule has 0 aliphatic rings. The highest BCUT2D eigenvalue weighted by Crippen LogP contribution is 2.16. The van der Waals surface area contributed by atoms with Crippen molar-refractivity contribution in [3.8, 4) is 0 Å². The summed E-state index contributed by atoms with van der Waals surface area (Å²) in [5.41, 5.74) is 5.39. The molecule has 0 aliphatic heterocycles. The lowest BCUT2D eigenvalue weighted by molar-refractivity contribution is -0.125. The normalized spacial score (nSPS) is 11.5. The highest BCUT2D eigenvalue weighted by molar-refractivity contribution is 6.30. The number of hydrogen-bond acceptors (Lipinski definition) is 2. The van der Waals surface area contributed by atoms with Crippen LogP contribution in [0, 0.1) is 11.2 Å². The zero-order valence-corrected chi connectivity index (χ0v) is 10.6. The monoisotopic (exact) mass is 258 g/mol. The fraction of sp³-hybridized carbons (Fsp3) is 0.417. The summed E-state index contributed by atoms with van der Waals surface area (Å²) >= 11 is 5.57. The number of primary amides is 1. The van der Waals surface area contributed by atoms with Crippen LogP contribution in [0.4, 0.5) is 4.39 Å². The molecule has 1 aromatic rings. The van der Waals surface area contributed by atoms with Crippen molar-refractivity contribution in [2.24, 2.45) is 11.1 Å². The van der Waals surface area contributed by atoms with Crippen molar-refractivity contribution < 1.29 is 9.18 Å². The van der Waals surface area contributed by atoms with Crippen LogP contribution >= 0.6 is 11.6 Å². The Balaban J connectivity index is 2.51. The molecule has 0 unspecified atom stereocenters. The van der Waals surface area contributed by atoms with E-state index in [9.17, 15) is 9.18 Å². The number of benzene rings is 1. The second kappa shape index (κ2) is 5.47. The number of rotatable bonds is 5. The van der Waals surface area contributed by atoms with Gasteiger partial charge in [0.1, 0.15) is 5.82 Å². The number of amides is 1. The molecule has 3 N–H and O–H groups in total. The van der Waals surface area contributed by atoms with Gasteiger partial charge in [-0.1, -0.05) is 17.7 Å². The average molecular weight is 259 g/mol. The Morgan fingerprint density at radius 1 is 1.53 bits per heavy atom. The highest BCUT2D eigenvalue weighted by atomic mass is 35.5. The molecule has 0 saturated heterocycles. The molecule has 94 valence electrons. The van der Waals surface area contributed by atoms with Crippen LogP contribution < -0.4 is 11.1 Å². The minimum absolute atomic E-state index is 0.103. The van der Waals surface area contributed by atoms with E-state index in [0.717, 1.165) is 5.56 Å². The Labute approximate surface area is 105 Å². The van der Waals surface area contributed by atoms with Gasteiger partial charge in [0.2, 0.25) is 5.91 Å². The molecule has 1 amide bonds. The third-order valence-corrected chi connectivity index (χ3v) is 2.85. The maximum Gasteiger partial charge on any atom is 0.224 e. The lowest BCUT2D eigenvalue weighted by Crippen LogP contribution is -2.40. The number of carbonyl (C=O) groups excluding carboxylic acids is 1. The van der Waals surface area contributed by atoms with Gasteiger partial charge in [0, 0.05) is 13.1 Å². The standard InChI is InChI=1S/C12H16ClFN2O/c1-12(2,11(15)17)7-16-6-8-3-4-9(13)10(14)5-8/h3-5,16H,6-7H2,1-2H3,(H2,15,17). The van der Waals surface area contributed by atoms with Crippen molar-refractivity contribution >= 4 is 17.5 Å². The van der Waals surface area contributed by atoms with Crippen LogP contribution in [0.3, 0.4) is 0 Å². The molecule has 17 heavy (non-hydrogen) atoms. The molecule has 0 heterocycles. The number of nitrogens with two attached hydrogens (primary N) is 1. The summed E-state index contributed by atoms with van der Waals surface area (Å²) in [4.78, 5) is 11.1. The lowest BCUT2D eigenvalue weighted by atomic mass is 9.93. The fourth-order valence-corrected chi connectivity index (χ4v) is 1.37. The third-order valence-electron chi connectivity index (χ3n) is 2.55. The van der Waals surface area contributed by atoms with E-state index in [1.165, 1.54) is 12.1 Å². The Hall–Kier alpha value is -1.13. The molecule has 3 nitrogen and oxygen atoms in total. The Morgan fingerprint density at radius 2 is 2.18 bits per heavy atom. The maximum atomic E-state index is 13.1. The third kappa shape index (κ3) is 3.98. The second-order valence-corrected chi connectivity index (χ2v) is 5.01. The van der Waals surface area contributed by atoms with Gasteiger partial charge in [0.25, 0.3) is 0 Å². The van der Waals surface area contributed by atoms with Crippen LogP contribution in [-0.2, 0) is 11.3 Å². The molecule has 0 spiro atoms. The van der Waals surface area contributed by atoms with E-state index in [1.54, 1.807) is 19.9 Å². The van der Waals surface area contributed by atoms with Gasteiger partial charge in [-0.25, -0.2) is 4.39 Å². The summed E-state index contributed by atoms with van der Waals surface area (Å²) in [6.45, 7) is 4.41. The average Bonchev–Trinajstić information content (AvgIpc) is 2.23. The molecule has 0 saturated carbocycles. The van der Waals surface area contributed by atoms with E-state index in [4.69, 9.17) is 17.3 Å². The summed E-state index contributed by atoms with van der Waals surface area (Å²) in [5.74, 6) is -0.813. The topological polar surface area (TPSA) is 55.1 Å². The van der Waals surface area contributed by atoms with Crippen molar-refractivity contribution in [2.75, 3.05) is 6.54 Å². The minimum atomic E-state index is -0.620. The van der Waals surface area contributed by atoms with Gasteiger partial charge in [-0.2, -0.15) is 0 Å². The first-order valence-corrected chi connectivity index (χ1v) is 5.65. The van der Waals surface area contributed by atoms with Crippen LogP contribution in [0.5, 0.6) is 0 Å². The van der Waals surface area contributed by atoms with Crippen molar-refractivity contribution in [1.29, 1.82) is 0 Å². The Kier molecular flexibility index (Phi) is 4.48. The lowest BCUT2D eigenvalue weighted by Gasteiger charge is -2.20. The Bertz CT molecular complexity index is 421. The van der Waals surface area contributed by atoms with Gasteiger partial charge >= 0.3 is 0 Å². The van der Waals surface area contributed by atoms with E-state index in [2.05, 4.69) is 5.32 Å². The van der Waals surface area contributed by atoms with Crippen molar-refractivity contribution in [2.45, 2.75) is 20.4 Å². The zero-order valence-electron chi connectivity index (χ0n) is 9.89. The molecule has 0 aliphatic carbocycles. The number of carbonyl (C=O) groups is 1. The maximum absolute atomic E-state index is 13.1. The van der Waals surface area contributed by atoms with Crippen LogP contribution in [0.25, 0.3) is 0 Å². The molecule has 0 aromatic heterocycles. The van der Waals surface area contributed by atoms with E-state index < -0.39 is 11.2 Å². The first-order valence-electron chi connectivity index (χ1n) is 5.27. The zero-order chi connectivity index (χ0) is 13.1. The number of halogens is 2. The summed E-state index contributed by atoms with van der Waals surface area (Å²) in [7, 11) is 0. The minimum Gasteiger partial charge on any atom is -0.369 e. The van der Waals surface area contributed by atoms with Crippen LogP contribution in [0.1, 0.15) is 19.4 Å². The van der Waals surface area contributed by atoms with Crippen molar-refractivity contribution in [1.82, 2.24) is 5.32 Å². The fourth-order valence-electron chi connectivity index (χ4n) is 1.26. The first-order chi connectivity index (χ1) is 7.83. The molecule has 1 aromatic carbocycles. The highest BCUT2D eigenvalue weighted by Gasteiger charge is 2.23. The second-order valence-electron chi connectivity index (χ2n) is 4.60. The predicted octanol–water partition coefficient (Wildman–Crippen LogP) is 2.08. The molecule has 0 radical (unpaired) electrons. The van der Waals surface area contributed by atoms with Crippen molar-refractivity contribution in [3.63, 3.8) is 0 Å². The van der Waals surface area contributed by atoms with E-state index in [1.807, 2.05) is 0 Å². The largest absolute Gasteiger partial charge is 0.369 e. The molecular formula is C12H16ClFN2O. The first kappa shape index (κ1) is 13.9. The van der Waals surface area contributed by atoms with Crippen LogP contribution in [0.15, 0.2) is 18.2 Å². The quantitative estimate of drug-likeness (QED) is 0.850. The summed E-state index contributed by atoms with van der Waals surface area (Å²) in [6.07, 6.45) is 0. The van der Waals surface area contributed by atoms with Gasteiger partial charge in [0.05, 0.1) is 10.4 Å². The van der Waals surface area contributed by atoms with Gasteiger partial charge in [-0.15, -0.1) is 0 Å². The molecule has 5 heteroatoms. The summed E-state index contributed by atoms with van der Waals surface area (Å²) in [6, 6.07) is 4.61. The molecular weight excluding hydrogens is 243 g/mol. The van der Waals surface area contributed by atoms with Crippen LogP contribution in [-0.4, -0.2) is 12.5 Å². The van der Waals surface area contributed by atoms with E-state index >= 15 is 0 Å². The molecule has 0 fully saturated rings. The number of hydrogen-bond donors (Lipinski definition) is 2. The molecule has 1 rings (SSSR count). The SMILES string of the molecule is CC(C)(CNCc1ccc(Cl)c(F)c1)C(N)=O. The predicted molar refractivity (Wildman–Crippen MR) is 66.1 cm³/mol.